The molecule has 0 amide bonds. The molecule has 3 N–H and O–H groups in total. The third-order valence-electron chi connectivity index (χ3n) is 7.43. The molecule has 1 atom stereocenters. The summed E-state index contributed by atoms with van der Waals surface area (Å²) in [6, 6.07) is 11.7. The number of nitrogens with zero attached hydrogens (tertiary/aromatic N) is 1. The Morgan fingerprint density at radius 2 is 1.95 bits per heavy atom. The van der Waals surface area contributed by atoms with Gasteiger partial charge in [-0.2, -0.15) is 4.39 Å². The van der Waals surface area contributed by atoms with E-state index in [9.17, 15) is 4.39 Å². The summed E-state index contributed by atoms with van der Waals surface area (Å²) in [6.07, 6.45) is 9.68. The molecule has 3 heterocycles. The molecule has 222 valence electrons. The number of ether oxygens (including phenoxy) is 2. The van der Waals surface area contributed by atoms with Crippen molar-refractivity contribution in [2.45, 2.75) is 30.6 Å². The van der Waals surface area contributed by atoms with Crippen molar-refractivity contribution in [2.75, 3.05) is 12.9 Å². The number of aromatic amines is 2. The number of allylic oxidation sites excluding steroid dienone is 1. The highest BCUT2D eigenvalue weighted by molar-refractivity contribution is 7.99. The first-order valence-corrected chi connectivity index (χ1v) is 14.5. The molecule has 1 aliphatic rings. The molecule has 7 nitrogen and oxygen atoms in total. The van der Waals surface area contributed by atoms with Crippen LogP contribution in [-0.4, -0.2) is 39.4 Å². The number of aromatic nitrogens is 3. The molecule has 1 aliphatic heterocycles. The van der Waals surface area contributed by atoms with Gasteiger partial charge in [0.2, 0.25) is 5.82 Å². The third kappa shape index (κ3) is 5.36. The average Bonchev–Trinajstić information content (AvgIpc) is 3.69. The third-order valence-corrected chi connectivity index (χ3v) is 8.24. The maximum Gasteiger partial charge on any atom is 0.290 e. The molecule has 43 heavy (non-hydrogen) atoms. The van der Waals surface area contributed by atoms with Crippen LogP contribution in [0.2, 0.25) is 0 Å². The van der Waals surface area contributed by atoms with Crippen molar-refractivity contribution >= 4 is 35.2 Å². The van der Waals surface area contributed by atoms with Crippen LogP contribution in [0.3, 0.4) is 0 Å². The summed E-state index contributed by atoms with van der Waals surface area (Å²) in [5.41, 5.74) is 2.60. The van der Waals surface area contributed by atoms with Gasteiger partial charge in [-0.15, -0.1) is 11.8 Å². The topological polar surface area (TPSA) is 100 Å². The zero-order valence-electron chi connectivity index (χ0n) is 23.5. The summed E-state index contributed by atoms with van der Waals surface area (Å²) in [5, 5.41) is 7.39. The number of halogens is 3. The van der Waals surface area contributed by atoms with Crippen LogP contribution in [0.15, 0.2) is 65.8 Å². The number of thioether (sulfide) groups is 1. The number of nitrogens with one attached hydrogen (secondary N) is 2. The molecule has 0 fully saturated rings. The molecule has 0 bridgehead atoms. The van der Waals surface area contributed by atoms with Crippen LogP contribution in [-0.2, 0) is 10.2 Å². The fraction of sp³-hybridized carbons (Fsp3) is 0.188. The predicted octanol–water partition coefficient (Wildman–Crippen LogP) is 8.31. The molecule has 0 spiro atoms. The van der Waals surface area contributed by atoms with Gasteiger partial charge in [0.05, 0.1) is 22.6 Å². The van der Waals surface area contributed by atoms with E-state index in [1.807, 2.05) is 37.3 Å². The van der Waals surface area contributed by atoms with Crippen LogP contribution in [0, 0.1) is 17.5 Å². The molecular weight excluding hydrogens is 579 g/mol. The van der Waals surface area contributed by atoms with Crippen molar-refractivity contribution in [1.82, 2.24) is 15.0 Å². The van der Waals surface area contributed by atoms with Crippen molar-refractivity contribution in [2.24, 2.45) is 0 Å². The Kier molecular flexibility index (Phi) is 8.54. The summed E-state index contributed by atoms with van der Waals surface area (Å²) in [7, 11) is 0. The maximum atomic E-state index is 15.1. The van der Waals surface area contributed by atoms with Gasteiger partial charge in [-0.05, 0) is 50.8 Å². The van der Waals surface area contributed by atoms with Gasteiger partial charge in [0.25, 0.3) is 6.47 Å². The number of fused-ring (bicyclic) bond motifs is 2. The SMILES string of the molecule is C/C=C/c1cccc2c1OCC[C@]2(C)c1cnc(-c2cc(Oc3c(F)c(F)c4[nH]ccc4c3SC)ccc2F)[nH]1.O=CO. The summed E-state index contributed by atoms with van der Waals surface area (Å²) >= 11 is 1.23. The summed E-state index contributed by atoms with van der Waals surface area (Å²) in [6.45, 7) is 4.34. The second-order valence-corrected chi connectivity index (χ2v) is 10.7. The second kappa shape index (κ2) is 12.3. The van der Waals surface area contributed by atoms with Crippen LogP contribution in [0.5, 0.6) is 17.2 Å². The molecule has 0 saturated heterocycles. The Morgan fingerprint density at radius 3 is 2.70 bits per heavy atom. The van der Waals surface area contributed by atoms with Crippen LogP contribution in [0.25, 0.3) is 28.4 Å². The Balaban J connectivity index is 0.00000118. The van der Waals surface area contributed by atoms with E-state index in [0.717, 1.165) is 22.6 Å². The Morgan fingerprint density at radius 1 is 1.16 bits per heavy atom. The van der Waals surface area contributed by atoms with E-state index in [4.69, 9.17) is 19.4 Å². The van der Waals surface area contributed by atoms with Gasteiger partial charge < -0.3 is 24.5 Å². The molecular formula is C32H28F3N3O4S. The lowest BCUT2D eigenvalue weighted by Crippen LogP contribution is -2.31. The minimum absolute atomic E-state index is 0.0677. The summed E-state index contributed by atoms with van der Waals surface area (Å²) < 4.78 is 56.8. The Bertz CT molecular complexity index is 1830. The molecule has 2 aromatic heterocycles. The van der Waals surface area contributed by atoms with Gasteiger partial charge in [0.1, 0.15) is 23.1 Å². The number of hydrogen-bond acceptors (Lipinski definition) is 5. The monoisotopic (exact) mass is 607 g/mol. The molecule has 0 aliphatic carbocycles. The van der Waals surface area contributed by atoms with Gasteiger partial charge >= 0.3 is 0 Å². The van der Waals surface area contributed by atoms with E-state index < -0.39 is 22.9 Å². The quantitative estimate of drug-likeness (QED) is 0.133. The average molecular weight is 608 g/mol. The number of imidazole rings is 1. The summed E-state index contributed by atoms with van der Waals surface area (Å²) in [5.74, 6) is -1.66. The van der Waals surface area contributed by atoms with Gasteiger partial charge in [0, 0.05) is 40.0 Å². The number of benzene rings is 3. The van der Waals surface area contributed by atoms with E-state index in [1.54, 1.807) is 24.7 Å². The Hall–Kier alpha value is -4.64. The van der Waals surface area contributed by atoms with E-state index in [1.165, 1.54) is 30.0 Å². The molecule has 3 aromatic carbocycles. The molecule has 11 heteroatoms. The maximum absolute atomic E-state index is 15.1. The molecule has 5 aromatic rings. The highest BCUT2D eigenvalue weighted by Crippen LogP contribution is 2.46. The zero-order valence-corrected chi connectivity index (χ0v) is 24.3. The van der Waals surface area contributed by atoms with Crippen LogP contribution < -0.4 is 9.47 Å². The van der Waals surface area contributed by atoms with E-state index in [-0.39, 0.29) is 29.1 Å². The standard InChI is InChI=1S/C31H26F3N3O2S.CH2O2/c1-4-6-17-7-5-8-21-27(17)38-14-12-31(21,2)23-16-36-30(37-23)20-15-18(9-10-22(20)32)39-28-25(34)24(33)26-19(11-13-35-26)29(28)40-3;2-1-3/h4-11,13,15-16,35H,12,14H2,1-3H3,(H,36,37);1H,(H,2,3)/b6-4+;/t31-;/m0./s1. The van der Waals surface area contributed by atoms with E-state index >= 15 is 8.78 Å². The van der Waals surface area contributed by atoms with Crippen molar-refractivity contribution in [3.8, 4) is 28.6 Å². The van der Waals surface area contributed by atoms with Gasteiger partial charge in [-0.3, -0.25) is 4.79 Å². The zero-order chi connectivity index (χ0) is 30.7. The predicted molar refractivity (Wildman–Crippen MR) is 160 cm³/mol. The largest absolute Gasteiger partial charge is 0.493 e. The van der Waals surface area contributed by atoms with Crippen molar-refractivity contribution in [3.63, 3.8) is 0 Å². The second-order valence-electron chi connectivity index (χ2n) is 9.91. The normalized spacial score (nSPS) is 16.0. The van der Waals surface area contributed by atoms with E-state index in [0.29, 0.717) is 29.1 Å². The van der Waals surface area contributed by atoms with Crippen LogP contribution in [0.4, 0.5) is 13.2 Å². The molecule has 6 rings (SSSR count). The minimum Gasteiger partial charge on any atom is -0.493 e. The highest BCUT2D eigenvalue weighted by atomic mass is 32.2. The first kappa shape index (κ1) is 29.8. The van der Waals surface area contributed by atoms with Crippen LogP contribution >= 0.6 is 11.8 Å². The number of H-pyrrole nitrogens is 2. The fourth-order valence-electron chi connectivity index (χ4n) is 5.30. The van der Waals surface area contributed by atoms with Gasteiger partial charge in [-0.25, -0.2) is 13.8 Å². The minimum atomic E-state index is -1.12. The first-order valence-electron chi connectivity index (χ1n) is 13.3. The highest BCUT2D eigenvalue weighted by Gasteiger charge is 2.37. The van der Waals surface area contributed by atoms with Crippen LogP contribution in [0.1, 0.15) is 37.1 Å². The molecule has 0 radical (unpaired) electrons. The van der Waals surface area contributed by atoms with E-state index in [2.05, 4.69) is 21.9 Å². The fourth-order valence-corrected chi connectivity index (χ4v) is 6.01. The summed E-state index contributed by atoms with van der Waals surface area (Å²) in [4.78, 5) is 19.3. The Labute approximate surface area is 249 Å². The lowest BCUT2D eigenvalue weighted by molar-refractivity contribution is -0.122. The number of rotatable bonds is 6. The number of carboxylic acid groups (broad SMARTS) is 1. The first-order chi connectivity index (χ1) is 20.8. The number of carbonyl (C=O) groups is 1. The van der Waals surface area contributed by atoms with Gasteiger partial charge in [0.15, 0.2) is 11.6 Å². The van der Waals surface area contributed by atoms with Crippen molar-refractivity contribution < 1.29 is 32.5 Å². The smallest absolute Gasteiger partial charge is 0.290 e. The lowest BCUT2D eigenvalue weighted by Gasteiger charge is -2.35. The van der Waals surface area contributed by atoms with Gasteiger partial charge in [-0.1, -0.05) is 30.4 Å². The molecule has 0 saturated carbocycles. The lowest BCUT2D eigenvalue weighted by atomic mass is 9.75. The van der Waals surface area contributed by atoms with Crippen molar-refractivity contribution in [3.05, 3.63) is 95.2 Å². The molecule has 0 unspecified atom stereocenters. The van der Waals surface area contributed by atoms with Crippen molar-refractivity contribution in [1.29, 1.82) is 0 Å². The number of hydrogen-bond donors (Lipinski definition) is 3. The number of para-hydroxylation sites is 1.